The molecule has 0 bridgehead atoms. The molecule has 2 N–H and O–H groups in total. The van der Waals surface area contributed by atoms with Crippen LogP contribution in [0.15, 0.2) is 24.3 Å². The van der Waals surface area contributed by atoms with Gasteiger partial charge < -0.3 is 10.6 Å². The SMILES string of the molecule is Cl.O=C(CC1CCCN1)NCC1(c2ccc(Cl)cc2)CC1. The van der Waals surface area contributed by atoms with Gasteiger partial charge in [-0.15, -0.1) is 12.4 Å². The van der Waals surface area contributed by atoms with Crippen molar-refractivity contribution in [2.24, 2.45) is 0 Å². The van der Waals surface area contributed by atoms with Crippen LogP contribution in [0.2, 0.25) is 5.02 Å². The van der Waals surface area contributed by atoms with Crippen LogP contribution in [-0.4, -0.2) is 25.0 Å². The third-order valence-corrected chi connectivity index (χ3v) is 4.78. The maximum Gasteiger partial charge on any atom is 0.221 e. The van der Waals surface area contributed by atoms with Gasteiger partial charge in [0.1, 0.15) is 0 Å². The summed E-state index contributed by atoms with van der Waals surface area (Å²) in [4.78, 5) is 12.0. The molecule has 1 heterocycles. The van der Waals surface area contributed by atoms with Crippen molar-refractivity contribution in [1.82, 2.24) is 10.6 Å². The van der Waals surface area contributed by atoms with Crippen molar-refractivity contribution in [3.05, 3.63) is 34.9 Å². The molecule has 5 heteroatoms. The first-order valence-corrected chi connectivity index (χ1v) is 7.82. The van der Waals surface area contributed by atoms with E-state index in [1.165, 1.54) is 12.0 Å². The summed E-state index contributed by atoms with van der Waals surface area (Å²) < 4.78 is 0. The molecular formula is C16H22Cl2N2O. The number of halogens is 2. The molecule has 1 unspecified atom stereocenters. The average molecular weight is 329 g/mol. The Kier molecular flexibility index (Phi) is 5.53. The molecule has 3 nitrogen and oxygen atoms in total. The van der Waals surface area contributed by atoms with E-state index in [0.717, 1.165) is 37.4 Å². The van der Waals surface area contributed by atoms with Gasteiger partial charge in [-0.1, -0.05) is 23.7 Å². The fraction of sp³-hybridized carbons (Fsp3) is 0.562. The fourth-order valence-corrected chi connectivity index (χ4v) is 3.14. The predicted molar refractivity (Wildman–Crippen MR) is 88.3 cm³/mol. The fourth-order valence-electron chi connectivity index (χ4n) is 3.02. The van der Waals surface area contributed by atoms with E-state index in [-0.39, 0.29) is 23.7 Å². The lowest BCUT2D eigenvalue weighted by Crippen LogP contribution is -2.36. The van der Waals surface area contributed by atoms with Gasteiger partial charge in [0.2, 0.25) is 5.91 Å². The van der Waals surface area contributed by atoms with Gasteiger partial charge in [-0.05, 0) is 49.9 Å². The Hall–Kier alpha value is -0.770. The van der Waals surface area contributed by atoms with Crippen LogP contribution < -0.4 is 10.6 Å². The second kappa shape index (κ2) is 6.99. The first kappa shape index (κ1) is 16.6. The number of carbonyl (C=O) groups excluding carboxylic acids is 1. The molecule has 3 rings (SSSR count). The topological polar surface area (TPSA) is 41.1 Å². The Morgan fingerprint density at radius 1 is 1.33 bits per heavy atom. The smallest absolute Gasteiger partial charge is 0.221 e. The Bertz CT molecular complexity index is 480. The van der Waals surface area contributed by atoms with E-state index in [1.807, 2.05) is 12.1 Å². The van der Waals surface area contributed by atoms with Gasteiger partial charge in [0.25, 0.3) is 0 Å². The molecule has 0 spiro atoms. The summed E-state index contributed by atoms with van der Waals surface area (Å²) in [6.45, 7) is 1.80. The molecule has 2 aliphatic rings. The second-order valence-electron chi connectivity index (χ2n) is 6.06. The summed E-state index contributed by atoms with van der Waals surface area (Å²) in [6, 6.07) is 8.41. The lowest BCUT2D eigenvalue weighted by molar-refractivity contribution is -0.121. The van der Waals surface area contributed by atoms with E-state index < -0.39 is 0 Å². The van der Waals surface area contributed by atoms with Gasteiger partial charge in [0.05, 0.1) is 0 Å². The third-order valence-electron chi connectivity index (χ3n) is 4.53. The first-order valence-electron chi connectivity index (χ1n) is 7.44. The molecule has 0 aromatic heterocycles. The first-order chi connectivity index (χ1) is 9.68. The standard InChI is InChI=1S/C16H21ClN2O.ClH/c17-13-5-3-12(4-6-13)16(7-8-16)11-19-15(20)10-14-2-1-9-18-14;/h3-6,14,18H,1-2,7-11H2,(H,19,20);1H. The van der Waals surface area contributed by atoms with Crippen LogP contribution in [0.3, 0.4) is 0 Å². The average Bonchev–Trinajstić information content (AvgIpc) is 3.07. The summed E-state index contributed by atoms with van der Waals surface area (Å²) in [5, 5.41) is 7.24. The molecule has 1 saturated carbocycles. The maximum absolute atomic E-state index is 12.0. The van der Waals surface area contributed by atoms with Gasteiger partial charge in [0, 0.05) is 29.4 Å². The zero-order chi connectivity index (χ0) is 14.0. The minimum Gasteiger partial charge on any atom is -0.355 e. The van der Waals surface area contributed by atoms with Crippen molar-refractivity contribution >= 4 is 29.9 Å². The quantitative estimate of drug-likeness (QED) is 0.872. The van der Waals surface area contributed by atoms with Gasteiger partial charge in [0.15, 0.2) is 0 Å². The number of hydrogen-bond donors (Lipinski definition) is 2. The summed E-state index contributed by atoms with van der Waals surface area (Å²) in [5.74, 6) is 0.171. The molecule has 0 radical (unpaired) electrons. The van der Waals surface area contributed by atoms with E-state index in [1.54, 1.807) is 0 Å². The molecular weight excluding hydrogens is 307 g/mol. The lowest BCUT2D eigenvalue weighted by atomic mass is 9.96. The van der Waals surface area contributed by atoms with Crippen LogP contribution >= 0.6 is 24.0 Å². The summed E-state index contributed by atoms with van der Waals surface area (Å²) >= 11 is 5.93. The lowest BCUT2D eigenvalue weighted by Gasteiger charge is -2.18. The highest BCUT2D eigenvalue weighted by Gasteiger charge is 2.44. The zero-order valence-corrected chi connectivity index (χ0v) is 13.6. The van der Waals surface area contributed by atoms with E-state index in [0.29, 0.717) is 12.5 Å². The van der Waals surface area contributed by atoms with Crippen molar-refractivity contribution in [3.8, 4) is 0 Å². The predicted octanol–water partition coefficient (Wildman–Crippen LogP) is 3.05. The monoisotopic (exact) mass is 328 g/mol. The van der Waals surface area contributed by atoms with Crippen molar-refractivity contribution in [1.29, 1.82) is 0 Å². The Morgan fingerprint density at radius 3 is 2.62 bits per heavy atom. The van der Waals surface area contributed by atoms with Gasteiger partial charge in [-0.3, -0.25) is 4.79 Å². The van der Waals surface area contributed by atoms with Crippen molar-refractivity contribution in [2.75, 3.05) is 13.1 Å². The van der Waals surface area contributed by atoms with Crippen molar-refractivity contribution < 1.29 is 4.79 Å². The Labute approximate surface area is 137 Å². The van der Waals surface area contributed by atoms with E-state index >= 15 is 0 Å². The highest BCUT2D eigenvalue weighted by Crippen LogP contribution is 2.47. The van der Waals surface area contributed by atoms with E-state index in [9.17, 15) is 4.79 Å². The maximum atomic E-state index is 12.0. The normalized spacial score (nSPS) is 22.4. The molecule has 1 atom stereocenters. The number of nitrogens with one attached hydrogen (secondary N) is 2. The number of rotatable bonds is 5. The number of carbonyl (C=O) groups is 1. The van der Waals surface area contributed by atoms with Crippen molar-refractivity contribution in [3.63, 3.8) is 0 Å². The largest absolute Gasteiger partial charge is 0.355 e. The second-order valence-corrected chi connectivity index (χ2v) is 6.50. The zero-order valence-electron chi connectivity index (χ0n) is 12.0. The molecule has 116 valence electrons. The summed E-state index contributed by atoms with van der Waals surface area (Å²) in [7, 11) is 0. The van der Waals surface area contributed by atoms with Gasteiger partial charge in [-0.25, -0.2) is 0 Å². The summed E-state index contributed by atoms with van der Waals surface area (Å²) in [6.07, 6.45) is 5.21. The van der Waals surface area contributed by atoms with Crippen LogP contribution in [0.1, 0.15) is 37.7 Å². The molecule has 1 aliphatic carbocycles. The Morgan fingerprint density at radius 2 is 2.05 bits per heavy atom. The van der Waals surface area contributed by atoms with E-state index in [2.05, 4.69) is 22.8 Å². The molecule has 2 fully saturated rings. The molecule has 21 heavy (non-hydrogen) atoms. The van der Waals surface area contributed by atoms with Gasteiger partial charge >= 0.3 is 0 Å². The summed E-state index contributed by atoms with van der Waals surface area (Å²) in [5.41, 5.74) is 1.45. The highest BCUT2D eigenvalue weighted by atomic mass is 35.5. The van der Waals surface area contributed by atoms with Crippen LogP contribution in [0.4, 0.5) is 0 Å². The molecule has 1 amide bonds. The number of benzene rings is 1. The van der Waals surface area contributed by atoms with Crippen LogP contribution in [-0.2, 0) is 10.2 Å². The molecule has 1 aromatic rings. The molecule has 1 aliphatic heterocycles. The van der Waals surface area contributed by atoms with Gasteiger partial charge in [-0.2, -0.15) is 0 Å². The number of amides is 1. The molecule has 1 aromatic carbocycles. The minimum absolute atomic E-state index is 0. The van der Waals surface area contributed by atoms with Crippen LogP contribution in [0.25, 0.3) is 0 Å². The van der Waals surface area contributed by atoms with Crippen LogP contribution in [0.5, 0.6) is 0 Å². The number of hydrogen-bond acceptors (Lipinski definition) is 2. The van der Waals surface area contributed by atoms with Crippen LogP contribution in [0, 0.1) is 0 Å². The Balaban J connectivity index is 0.00000161. The third kappa shape index (κ3) is 4.12. The van der Waals surface area contributed by atoms with E-state index in [4.69, 9.17) is 11.6 Å². The van der Waals surface area contributed by atoms with Crippen molar-refractivity contribution in [2.45, 2.75) is 43.6 Å². The minimum atomic E-state index is 0. The highest BCUT2D eigenvalue weighted by molar-refractivity contribution is 6.30. The molecule has 1 saturated heterocycles.